The van der Waals surface area contributed by atoms with Crippen molar-refractivity contribution < 1.29 is 19.1 Å². The van der Waals surface area contributed by atoms with Crippen molar-refractivity contribution in [2.75, 3.05) is 5.75 Å². The standard InChI is InChI=1S/C12H12FNO3S/c1-7(12(16)17)14-10(15)6-18-11(14)8-4-2-3-5-9(8)13/h2-5,7,11H,6H2,1H3,(H,16,17)/t7-,11-/m0/s1. The summed E-state index contributed by atoms with van der Waals surface area (Å²) in [6.45, 7) is 1.43. The van der Waals surface area contributed by atoms with Gasteiger partial charge < -0.3 is 10.0 Å². The Morgan fingerprint density at radius 1 is 1.56 bits per heavy atom. The minimum absolute atomic E-state index is 0.177. The molecule has 1 amide bonds. The second-order valence-electron chi connectivity index (χ2n) is 4.00. The lowest BCUT2D eigenvalue weighted by atomic mass is 10.1. The predicted octanol–water partition coefficient (Wildman–Crippen LogP) is 1.87. The van der Waals surface area contributed by atoms with Crippen molar-refractivity contribution >= 4 is 23.6 Å². The lowest BCUT2D eigenvalue weighted by Crippen LogP contribution is -2.41. The van der Waals surface area contributed by atoms with Crippen molar-refractivity contribution in [3.05, 3.63) is 35.6 Å². The summed E-state index contributed by atoms with van der Waals surface area (Å²) in [5.41, 5.74) is 0.349. The van der Waals surface area contributed by atoms with Gasteiger partial charge in [-0.15, -0.1) is 11.8 Å². The van der Waals surface area contributed by atoms with E-state index in [-0.39, 0.29) is 11.7 Å². The van der Waals surface area contributed by atoms with Crippen LogP contribution in [0.15, 0.2) is 24.3 Å². The number of thioether (sulfide) groups is 1. The molecule has 0 aliphatic carbocycles. The van der Waals surface area contributed by atoms with Crippen LogP contribution in [0.2, 0.25) is 0 Å². The van der Waals surface area contributed by atoms with E-state index in [1.54, 1.807) is 18.2 Å². The van der Waals surface area contributed by atoms with Crippen LogP contribution in [-0.2, 0) is 9.59 Å². The van der Waals surface area contributed by atoms with E-state index in [0.717, 1.165) is 0 Å². The van der Waals surface area contributed by atoms with Crippen molar-refractivity contribution in [3.63, 3.8) is 0 Å². The minimum atomic E-state index is -1.09. The maximum atomic E-state index is 13.7. The van der Waals surface area contributed by atoms with Gasteiger partial charge in [0, 0.05) is 5.56 Å². The van der Waals surface area contributed by atoms with E-state index in [0.29, 0.717) is 5.56 Å². The van der Waals surface area contributed by atoms with Crippen LogP contribution in [0.25, 0.3) is 0 Å². The Labute approximate surface area is 108 Å². The van der Waals surface area contributed by atoms with Crippen LogP contribution in [0.1, 0.15) is 17.9 Å². The summed E-state index contributed by atoms with van der Waals surface area (Å²) >= 11 is 1.24. The molecular formula is C12H12FNO3S. The molecule has 2 atom stereocenters. The second-order valence-corrected chi connectivity index (χ2v) is 5.07. The lowest BCUT2D eigenvalue weighted by molar-refractivity contribution is -0.148. The predicted molar refractivity (Wildman–Crippen MR) is 65.5 cm³/mol. The molecule has 1 N–H and O–H groups in total. The highest BCUT2D eigenvalue weighted by molar-refractivity contribution is 8.00. The summed E-state index contributed by atoms with van der Waals surface area (Å²) in [6.07, 6.45) is 0. The molecule has 1 aliphatic heterocycles. The molecule has 1 heterocycles. The maximum absolute atomic E-state index is 13.7. The topological polar surface area (TPSA) is 57.6 Å². The quantitative estimate of drug-likeness (QED) is 0.910. The first-order chi connectivity index (χ1) is 8.52. The molecule has 6 heteroatoms. The maximum Gasteiger partial charge on any atom is 0.326 e. The van der Waals surface area contributed by atoms with E-state index in [1.165, 1.54) is 29.7 Å². The van der Waals surface area contributed by atoms with Gasteiger partial charge in [0.25, 0.3) is 0 Å². The van der Waals surface area contributed by atoms with E-state index < -0.39 is 23.2 Å². The van der Waals surface area contributed by atoms with Crippen molar-refractivity contribution in [2.24, 2.45) is 0 Å². The van der Waals surface area contributed by atoms with Crippen molar-refractivity contribution in [1.29, 1.82) is 0 Å². The van der Waals surface area contributed by atoms with Crippen LogP contribution in [-0.4, -0.2) is 33.7 Å². The molecule has 1 aliphatic rings. The number of benzene rings is 1. The second kappa shape index (κ2) is 4.97. The van der Waals surface area contributed by atoms with Gasteiger partial charge in [-0.05, 0) is 13.0 Å². The number of hydrogen-bond acceptors (Lipinski definition) is 3. The first-order valence-electron chi connectivity index (χ1n) is 5.42. The number of nitrogens with zero attached hydrogens (tertiary/aromatic N) is 1. The fourth-order valence-corrected chi connectivity index (χ4v) is 3.17. The number of halogens is 1. The van der Waals surface area contributed by atoms with E-state index in [1.807, 2.05) is 0 Å². The molecule has 1 saturated heterocycles. The molecule has 2 rings (SSSR count). The molecule has 1 aromatic rings. The highest BCUT2D eigenvalue weighted by Gasteiger charge is 2.39. The molecule has 1 fully saturated rings. The third-order valence-corrected chi connectivity index (χ3v) is 4.06. The zero-order chi connectivity index (χ0) is 13.3. The van der Waals surface area contributed by atoms with Crippen LogP contribution in [0.5, 0.6) is 0 Å². The lowest BCUT2D eigenvalue weighted by Gasteiger charge is -2.27. The Morgan fingerprint density at radius 3 is 2.83 bits per heavy atom. The summed E-state index contributed by atoms with van der Waals surface area (Å²) in [5, 5.41) is 8.43. The van der Waals surface area contributed by atoms with Gasteiger partial charge >= 0.3 is 5.97 Å². The van der Waals surface area contributed by atoms with Gasteiger partial charge in [0.2, 0.25) is 5.91 Å². The van der Waals surface area contributed by atoms with Gasteiger partial charge in [-0.25, -0.2) is 9.18 Å². The van der Waals surface area contributed by atoms with Gasteiger partial charge in [0.05, 0.1) is 5.75 Å². The van der Waals surface area contributed by atoms with E-state index in [9.17, 15) is 14.0 Å². The SMILES string of the molecule is C[C@@H](C(=O)O)N1C(=O)CS[C@H]1c1ccccc1F. The summed E-state index contributed by atoms with van der Waals surface area (Å²) in [6, 6.07) is 5.16. The molecule has 0 bridgehead atoms. The smallest absolute Gasteiger partial charge is 0.326 e. The zero-order valence-corrected chi connectivity index (χ0v) is 10.5. The Kier molecular flexibility index (Phi) is 3.56. The molecule has 0 radical (unpaired) electrons. The average molecular weight is 269 g/mol. The Hall–Kier alpha value is -1.56. The van der Waals surface area contributed by atoms with Crippen LogP contribution in [0.4, 0.5) is 4.39 Å². The van der Waals surface area contributed by atoms with Crippen LogP contribution >= 0.6 is 11.8 Å². The molecular weight excluding hydrogens is 257 g/mol. The number of carboxylic acids is 1. The van der Waals surface area contributed by atoms with Crippen LogP contribution in [0.3, 0.4) is 0 Å². The Morgan fingerprint density at radius 2 is 2.22 bits per heavy atom. The molecule has 18 heavy (non-hydrogen) atoms. The van der Waals surface area contributed by atoms with Gasteiger partial charge in [-0.2, -0.15) is 0 Å². The van der Waals surface area contributed by atoms with Gasteiger partial charge in [0.15, 0.2) is 0 Å². The number of carbonyl (C=O) groups excluding carboxylic acids is 1. The van der Waals surface area contributed by atoms with Crippen molar-refractivity contribution in [3.8, 4) is 0 Å². The number of carboxylic acid groups (broad SMARTS) is 1. The third-order valence-electron chi connectivity index (χ3n) is 2.85. The Balaban J connectivity index is 2.35. The molecule has 0 aromatic heterocycles. The number of aliphatic carboxylic acids is 1. The number of carbonyl (C=O) groups is 2. The Bertz CT molecular complexity index is 494. The van der Waals surface area contributed by atoms with Crippen LogP contribution < -0.4 is 0 Å². The fourth-order valence-electron chi connectivity index (χ4n) is 1.89. The normalized spacial score (nSPS) is 21.1. The first-order valence-corrected chi connectivity index (χ1v) is 6.47. The number of rotatable bonds is 3. The molecule has 0 saturated carbocycles. The zero-order valence-electron chi connectivity index (χ0n) is 9.67. The van der Waals surface area contributed by atoms with E-state index >= 15 is 0 Å². The van der Waals surface area contributed by atoms with Gasteiger partial charge in [-0.1, -0.05) is 18.2 Å². The van der Waals surface area contributed by atoms with Crippen molar-refractivity contribution in [1.82, 2.24) is 4.90 Å². The van der Waals surface area contributed by atoms with E-state index in [2.05, 4.69) is 0 Å². The number of amides is 1. The molecule has 0 unspecified atom stereocenters. The summed E-state index contributed by atoms with van der Waals surface area (Å²) < 4.78 is 13.7. The van der Waals surface area contributed by atoms with Gasteiger partial charge in [-0.3, -0.25) is 4.79 Å². The summed E-state index contributed by atoms with van der Waals surface area (Å²) in [5.74, 6) is -1.61. The highest BCUT2D eigenvalue weighted by atomic mass is 32.2. The molecule has 96 valence electrons. The van der Waals surface area contributed by atoms with Crippen molar-refractivity contribution in [2.45, 2.75) is 18.3 Å². The first kappa shape index (κ1) is 12.9. The van der Waals surface area contributed by atoms with E-state index in [4.69, 9.17) is 5.11 Å². The monoisotopic (exact) mass is 269 g/mol. The summed E-state index contributed by atoms with van der Waals surface area (Å²) in [4.78, 5) is 24.0. The molecule has 0 spiro atoms. The highest BCUT2D eigenvalue weighted by Crippen LogP contribution is 2.40. The summed E-state index contributed by atoms with van der Waals surface area (Å²) in [7, 11) is 0. The number of hydrogen-bond donors (Lipinski definition) is 1. The van der Waals surface area contributed by atoms with Gasteiger partial charge in [0.1, 0.15) is 17.2 Å². The minimum Gasteiger partial charge on any atom is -0.480 e. The molecule has 4 nitrogen and oxygen atoms in total. The largest absolute Gasteiger partial charge is 0.480 e. The average Bonchev–Trinajstić information content (AvgIpc) is 2.70. The fraction of sp³-hybridized carbons (Fsp3) is 0.333. The third kappa shape index (κ3) is 2.20. The van der Waals surface area contributed by atoms with Crippen LogP contribution in [0, 0.1) is 5.82 Å². The molecule has 1 aromatic carbocycles.